The van der Waals surface area contributed by atoms with Gasteiger partial charge in [-0.05, 0) is 60.7 Å². The summed E-state index contributed by atoms with van der Waals surface area (Å²) in [6.45, 7) is 2.55. The number of rotatable bonds is 22. The van der Waals surface area contributed by atoms with Crippen molar-refractivity contribution in [2.75, 3.05) is 65.3 Å². The molecule has 6 atom stereocenters. The minimum absolute atomic E-state index is 0.0416. The van der Waals surface area contributed by atoms with E-state index < -0.39 is 97.9 Å². The number of nitrogens with one attached hydrogen (secondary N) is 4. The quantitative estimate of drug-likeness (QED) is 0.0266. The van der Waals surface area contributed by atoms with Crippen LogP contribution in [0.4, 0.5) is 37.4 Å². The van der Waals surface area contributed by atoms with E-state index in [2.05, 4.69) is 52.7 Å². The number of benzene rings is 2. The molecule has 6 rings (SSSR count). The summed E-state index contributed by atoms with van der Waals surface area (Å²) in [5.74, 6) is 4.34. The molecule has 23 heteroatoms. The summed E-state index contributed by atoms with van der Waals surface area (Å²) in [7, 11) is 2.10. The number of aliphatic imine (C=N–C) groups is 1. The molecule has 76 heavy (non-hydrogen) atoms. The van der Waals surface area contributed by atoms with Gasteiger partial charge in [0, 0.05) is 90.0 Å². The lowest BCUT2D eigenvalue weighted by molar-refractivity contribution is -0.133. The third kappa shape index (κ3) is 15.2. The van der Waals surface area contributed by atoms with Gasteiger partial charge in [-0.15, -0.1) is 0 Å². The SMILES string of the molecule is COC(=O)N[C@H](C(=O)N[C@@H](Cc1ccc(C#Cc2ccc(N3CC4CCC(C3)N4C3COC3)nc2)cc1)[C@@H](O)CN(Cc1ccc(C(C=NC(F)F)=CN)cc1F)NC(=O)[C@@H](NC(=O)OC)C(C)(C)CF)C(C)(C)CF. The van der Waals surface area contributed by atoms with Gasteiger partial charge < -0.3 is 45.9 Å². The molecule has 3 fully saturated rings. The summed E-state index contributed by atoms with van der Waals surface area (Å²) in [4.78, 5) is 65.8. The highest BCUT2D eigenvalue weighted by molar-refractivity contribution is 6.09. The fourth-order valence-electron chi connectivity index (χ4n) is 9.31. The number of nitrogens with two attached hydrogens (primary N) is 1. The van der Waals surface area contributed by atoms with Crippen molar-refractivity contribution < 1.29 is 60.4 Å². The van der Waals surface area contributed by atoms with Gasteiger partial charge >= 0.3 is 18.7 Å². The molecule has 0 aliphatic carbocycles. The lowest BCUT2D eigenvalue weighted by Gasteiger charge is -2.47. The number of allylic oxidation sites excluding steroid dienone is 1. The van der Waals surface area contributed by atoms with Crippen LogP contribution in [0.1, 0.15) is 68.4 Å². The van der Waals surface area contributed by atoms with Crippen molar-refractivity contribution in [2.24, 2.45) is 21.6 Å². The van der Waals surface area contributed by atoms with Crippen LogP contribution in [0.2, 0.25) is 0 Å². The zero-order valence-electron chi connectivity index (χ0n) is 43.3. The average molecular weight is 1070 g/mol. The van der Waals surface area contributed by atoms with Gasteiger partial charge in [-0.25, -0.2) is 29.0 Å². The molecule has 2 aromatic carbocycles. The maximum absolute atomic E-state index is 16.0. The normalized spacial score (nSPS) is 18.8. The van der Waals surface area contributed by atoms with Crippen molar-refractivity contribution in [1.29, 1.82) is 0 Å². The number of fused-ring (bicyclic) bond motifs is 2. The first-order chi connectivity index (χ1) is 36.2. The van der Waals surface area contributed by atoms with E-state index in [4.69, 9.17) is 20.2 Å². The van der Waals surface area contributed by atoms with Crippen LogP contribution in [0.15, 0.2) is 72.0 Å². The second kappa shape index (κ2) is 26.3. The highest BCUT2D eigenvalue weighted by atomic mass is 19.3. The fraction of sp³-hybridized carbons (Fsp3) is 0.509. The number of ether oxygens (including phenoxy) is 3. The van der Waals surface area contributed by atoms with Gasteiger partial charge in [0.2, 0.25) is 5.91 Å². The largest absolute Gasteiger partial charge is 0.453 e. The van der Waals surface area contributed by atoms with Crippen LogP contribution >= 0.6 is 0 Å². The van der Waals surface area contributed by atoms with Crippen molar-refractivity contribution in [3.8, 4) is 11.8 Å². The number of pyridine rings is 1. The van der Waals surface area contributed by atoms with E-state index >= 15 is 4.39 Å². The van der Waals surface area contributed by atoms with Crippen molar-refractivity contribution >= 4 is 41.6 Å². The Morgan fingerprint density at radius 1 is 0.882 bits per heavy atom. The number of carbonyl (C=O) groups is 4. The number of hydrazine groups is 1. The number of carbonyl (C=O) groups excluding carboxylic acids is 4. The Kier molecular flexibility index (Phi) is 20.2. The minimum Gasteiger partial charge on any atom is -0.453 e. The number of halogens is 5. The summed E-state index contributed by atoms with van der Waals surface area (Å²) in [5.41, 5.74) is 6.91. The van der Waals surface area contributed by atoms with Crippen LogP contribution in [-0.2, 0) is 36.8 Å². The Bertz CT molecular complexity index is 2600. The van der Waals surface area contributed by atoms with Crippen LogP contribution in [0, 0.1) is 28.5 Å². The molecular weight excluding hydrogens is 1000 g/mol. The molecule has 0 radical (unpaired) electrons. The molecule has 4 amide bonds. The highest BCUT2D eigenvalue weighted by Crippen LogP contribution is 2.35. The maximum Gasteiger partial charge on any atom is 0.407 e. The molecule has 412 valence electrons. The first-order valence-electron chi connectivity index (χ1n) is 24.7. The van der Waals surface area contributed by atoms with E-state index in [0.29, 0.717) is 34.8 Å². The molecule has 1 aromatic heterocycles. The Morgan fingerprint density at radius 2 is 1.47 bits per heavy atom. The maximum atomic E-state index is 16.0. The number of aliphatic hydroxyl groups is 1. The van der Waals surface area contributed by atoms with E-state index in [0.717, 1.165) is 82.7 Å². The van der Waals surface area contributed by atoms with Gasteiger partial charge in [-0.1, -0.05) is 63.8 Å². The van der Waals surface area contributed by atoms with Gasteiger partial charge in [-0.3, -0.25) is 28.7 Å². The summed E-state index contributed by atoms with van der Waals surface area (Å²) >= 11 is 0. The Hall–Kier alpha value is -6.87. The number of alkyl halides is 4. The molecule has 2 unspecified atom stereocenters. The number of anilines is 1. The van der Waals surface area contributed by atoms with Gasteiger partial charge in [0.25, 0.3) is 5.91 Å². The lowest BCUT2D eigenvalue weighted by atomic mass is 9.84. The van der Waals surface area contributed by atoms with Crippen molar-refractivity contribution in [3.05, 3.63) is 101 Å². The van der Waals surface area contributed by atoms with Crippen LogP contribution in [0.3, 0.4) is 0 Å². The zero-order valence-corrected chi connectivity index (χ0v) is 43.3. The van der Waals surface area contributed by atoms with E-state index in [1.165, 1.54) is 39.8 Å². The predicted molar refractivity (Wildman–Crippen MR) is 274 cm³/mol. The van der Waals surface area contributed by atoms with Crippen molar-refractivity contribution in [1.82, 2.24) is 36.3 Å². The standard InChI is InChI=1S/C53H67F5N10O8/c1-52(2,30-54)45(63-50(72)74-5)47(70)62-42(19-33-10-7-32(8-11-33)9-12-34-13-18-44(60-22-34)66-25-38-16-17-39(26-66)68(38)40-28-76-29-40)43(69)27-67(65-48(71)46(53(3,4)31-55)64-51(73)75-6)24-36-15-14-35(20-41(36)56)37(21-59)23-61-49(57)58/h7-8,10-11,13-15,18,20-23,38-40,42-43,45-46,49,69H,16-17,19,24-31,59H2,1-6H3,(H,62,70)(H,63,72)(H,64,73)(H,65,71)/t38?,39?,42-,43-,45+,46+/m0/s1. The molecule has 3 aliphatic rings. The number of aliphatic hydroxyl groups excluding tert-OH is 1. The second-order valence-corrected chi connectivity index (χ2v) is 20.4. The van der Waals surface area contributed by atoms with Gasteiger partial charge in [0.15, 0.2) is 0 Å². The molecule has 3 aliphatic heterocycles. The topological polar surface area (TPSA) is 225 Å². The number of piperazine rings is 1. The highest BCUT2D eigenvalue weighted by Gasteiger charge is 2.46. The first-order valence-corrected chi connectivity index (χ1v) is 24.7. The first kappa shape index (κ1) is 58.4. The van der Waals surface area contributed by atoms with Gasteiger partial charge in [0.1, 0.15) is 23.7 Å². The molecule has 18 nitrogen and oxygen atoms in total. The molecule has 4 heterocycles. The number of amides is 4. The molecule has 3 aromatic rings. The van der Waals surface area contributed by atoms with Crippen LogP contribution in [-0.4, -0.2) is 160 Å². The van der Waals surface area contributed by atoms with Crippen LogP contribution in [0.25, 0.3) is 5.57 Å². The van der Waals surface area contributed by atoms with Gasteiger partial charge in [-0.2, -0.15) is 8.78 Å². The molecule has 7 N–H and O–H groups in total. The Labute approximate surface area is 438 Å². The molecule has 2 bridgehead atoms. The molecule has 0 saturated carbocycles. The van der Waals surface area contributed by atoms with E-state index in [9.17, 15) is 41.8 Å². The number of hydrogen-bond acceptors (Lipinski definition) is 14. The Morgan fingerprint density at radius 3 is 1.99 bits per heavy atom. The third-order valence-electron chi connectivity index (χ3n) is 13.8. The summed E-state index contributed by atoms with van der Waals surface area (Å²) in [5, 5.41) is 20.6. The number of alkyl carbamates (subject to hydrolysis) is 2. The average Bonchev–Trinajstić information content (AvgIpc) is 3.62. The number of methoxy groups -OCH3 is 2. The molecular formula is C53H67F5N10O8. The van der Waals surface area contributed by atoms with E-state index in [-0.39, 0.29) is 23.1 Å². The van der Waals surface area contributed by atoms with Crippen molar-refractivity contribution in [2.45, 2.75) is 102 Å². The minimum atomic E-state index is -3.06. The molecule has 0 spiro atoms. The number of aromatic nitrogens is 1. The smallest absolute Gasteiger partial charge is 0.407 e. The Balaban J connectivity index is 1.26. The lowest BCUT2D eigenvalue weighted by Crippen LogP contribution is -2.62. The summed E-state index contributed by atoms with van der Waals surface area (Å²) in [6.07, 6.45) is 1.88. The fourth-order valence-corrected chi connectivity index (χ4v) is 9.31. The van der Waals surface area contributed by atoms with Crippen LogP contribution in [0.5, 0.6) is 0 Å². The number of nitrogens with zero attached hydrogens (tertiary/aromatic N) is 5. The third-order valence-corrected chi connectivity index (χ3v) is 13.8. The van der Waals surface area contributed by atoms with E-state index in [1.54, 1.807) is 30.5 Å². The van der Waals surface area contributed by atoms with Crippen molar-refractivity contribution in [3.63, 3.8) is 0 Å². The van der Waals surface area contributed by atoms with Crippen LogP contribution < -0.4 is 32.0 Å². The monoisotopic (exact) mass is 1070 g/mol. The molecule has 3 saturated heterocycles. The van der Waals surface area contributed by atoms with Gasteiger partial charge in [0.05, 0.1) is 59.0 Å². The summed E-state index contributed by atoms with van der Waals surface area (Å²) in [6, 6.07) is 11.4. The summed E-state index contributed by atoms with van der Waals surface area (Å²) < 4.78 is 85.6. The number of hydrogen-bond donors (Lipinski definition) is 6. The second-order valence-electron chi connectivity index (χ2n) is 20.4. The zero-order chi connectivity index (χ0) is 55.3. The van der Waals surface area contributed by atoms with E-state index in [1.807, 2.05) is 12.1 Å². The predicted octanol–water partition coefficient (Wildman–Crippen LogP) is 4.63.